The standard InChI is InChI=1S/C19H34O9/c1-12(22-10-9-21-8-7-20-6)24-15-14(13-11-23-18(2,3)26-13)25-17-16(15)27-19(4,5)28-17/h12-17H,7-11H2,1-6H3/t12?,13-,14+,15-,16+,17+/m0/s1. The van der Waals surface area contributed by atoms with E-state index < -0.39 is 30.3 Å². The molecule has 3 aliphatic rings. The van der Waals surface area contributed by atoms with E-state index in [4.69, 9.17) is 42.6 Å². The Kier molecular flexibility index (Phi) is 7.33. The summed E-state index contributed by atoms with van der Waals surface area (Å²) in [6.45, 7) is 11.7. The predicted molar refractivity (Wildman–Crippen MR) is 96.6 cm³/mol. The Morgan fingerprint density at radius 1 is 0.929 bits per heavy atom. The highest BCUT2D eigenvalue weighted by Crippen LogP contribution is 2.42. The van der Waals surface area contributed by atoms with Gasteiger partial charge in [0.05, 0.1) is 33.0 Å². The first kappa shape index (κ1) is 22.3. The highest BCUT2D eigenvalue weighted by molar-refractivity contribution is 4.98. The third-order valence-corrected chi connectivity index (χ3v) is 4.78. The molecule has 0 aliphatic carbocycles. The summed E-state index contributed by atoms with van der Waals surface area (Å²) >= 11 is 0. The zero-order chi connectivity index (χ0) is 20.4. The monoisotopic (exact) mass is 406 g/mol. The SMILES string of the molecule is COCCOCCOC(C)O[C@@H]1[C@H]2OC(C)(C)O[C@H]2O[C@@H]1[C@@H]1COC(C)(C)O1. The van der Waals surface area contributed by atoms with Crippen LogP contribution in [0, 0.1) is 0 Å². The normalized spacial score (nSPS) is 37.3. The maximum Gasteiger partial charge on any atom is 0.190 e. The van der Waals surface area contributed by atoms with Gasteiger partial charge in [0.2, 0.25) is 0 Å². The lowest BCUT2D eigenvalue weighted by molar-refractivity contribution is -0.254. The molecular weight excluding hydrogens is 372 g/mol. The molecule has 9 heteroatoms. The van der Waals surface area contributed by atoms with Crippen LogP contribution >= 0.6 is 0 Å². The summed E-state index contributed by atoms with van der Waals surface area (Å²) in [5.41, 5.74) is 0. The van der Waals surface area contributed by atoms with Gasteiger partial charge in [-0.25, -0.2) is 0 Å². The van der Waals surface area contributed by atoms with Crippen LogP contribution in [0.25, 0.3) is 0 Å². The molecule has 3 rings (SSSR count). The summed E-state index contributed by atoms with van der Waals surface area (Å²) in [4.78, 5) is 0. The molecule has 0 aromatic carbocycles. The molecule has 3 fully saturated rings. The zero-order valence-electron chi connectivity index (χ0n) is 17.7. The summed E-state index contributed by atoms with van der Waals surface area (Å²) in [5, 5.41) is 0. The summed E-state index contributed by atoms with van der Waals surface area (Å²) in [6.07, 6.45) is -2.40. The Labute approximate surface area is 166 Å². The minimum absolute atomic E-state index is 0.273. The van der Waals surface area contributed by atoms with E-state index in [9.17, 15) is 0 Å². The molecule has 3 saturated heterocycles. The summed E-state index contributed by atoms with van der Waals surface area (Å²) in [6, 6.07) is 0. The van der Waals surface area contributed by atoms with Gasteiger partial charge in [-0.1, -0.05) is 0 Å². The van der Waals surface area contributed by atoms with E-state index in [0.717, 1.165) is 0 Å². The van der Waals surface area contributed by atoms with Crippen molar-refractivity contribution < 1.29 is 42.6 Å². The molecule has 3 aliphatic heterocycles. The Bertz CT molecular complexity index is 498. The second-order valence-electron chi connectivity index (χ2n) is 8.08. The fraction of sp³-hybridized carbons (Fsp3) is 1.00. The van der Waals surface area contributed by atoms with Crippen LogP contribution in [0.1, 0.15) is 34.6 Å². The first-order valence-corrected chi connectivity index (χ1v) is 9.87. The summed E-state index contributed by atoms with van der Waals surface area (Å²) in [7, 11) is 1.64. The molecule has 9 nitrogen and oxygen atoms in total. The van der Waals surface area contributed by atoms with Gasteiger partial charge in [-0.3, -0.25) is 0 Å². The molecule has 3 heterocycles. The van der Waals surface area contributed by atoms with Crippen molar-refractivity contribution in [1.82, 2.24) is 0 Å². The van der Waals surface area contributed by atoms with E-state index in [1.165, 1.54) is 0 Å². The van der Waals surface area contributed by atoms with Gasteiger partial charge in [-0.05, 0) is 34.6 Å². The van der Waals surface area contributed by atoms with E-state index in [-0.39, 0.29) is 18.3 Å². The highest BCUT2D eigenvalue weighted by Gasteiger charge is 2.59. The van der Waals surface area contributed by atoms with Crippen LogP contribution in [0.3, 0.4) is 0 Å². The van der Waals surface area contributed by atoms with Gasteiger partial charge in [0.1, 0.15) is 24.4 Å². The predicted octanol–water partition coefficient (Wildman–Crippen LogP) is 1.43. The van der Waals surface area contributed by atoms with Crippen LogP contribution in [0.4, 0.5) is 0 Å². The van der Waals surface area contributed by atoms with Crippen LogP contribution in [0.15, 0.2) is 0 Å². The van der Waals surface area contributed by atoms with Crippen molar-refractivity contribution in [1.29, 1.82) is 0 Å². The Morgan fingerprint density at radius 3 is 2.36 bits per heavy atom. The lowest BCUT2D eigenvalue weighted by atomic mass is 10.1. The smallest absolute Gasteiger partial charge is 0.190 e. The molecule has 0 amide bonds. The van der Waals surface area contributed by atoms with Gasteiger partial charge in [0.25, 0.3) is 0 Å². The van der Waals surface area contributed by atoms with Crippen LogP contribution in [-0.2, 0) is 42.6 Å². The lowest BCUT2D eigenvalue weighted by Crippen LogP contribution is -2.45. The molecule has 0 radical (unpaired) electrons. The number of hydrogen-bond donors (Lipinski definition) is 0. The van der Waals surface area contributed by atoms with E-state index >= 15 is 0 Å². The van der Waals surface area contributed by atoms with Gasteiger partial charge in [0, 0.05) is 7.11 Å². The molecule has 0 N–H and O–H groups in total. The molecule has 164 valence electrons. The van der Waals surface area contributed by atoms with Crippen molar-refractivity contribution in [2.24, 2.45) is 0 Å². The average Bonchev–Trinajstić information content (AvgIpc) is 3.21. The second-order valence-corrected chi connectivity index (χ2v) is 8.08. The number of rotatable bonds is 10. The third kappa shape index (κ3) is 5.62. The molecule has 0 bridgehead atoms. The molecule has 0 saturated carbocycles. The number of hydrogen-bond acceptors (Lipinski definition) is 9. The van der Waals surface area contributed by atoms with Crippen LogP contribution in [0.2, 0.25) is 0 Å². The van der Waals surface area contributed by atoms with Crippen molar-refractivity contribution in [3.05, 3.63) is 0 Å². The first-order valence-electron chi connectivity index (χ1n) is 9.87. The average molecular weight is 406 g/mol. The maximum absolute atomic E-state index is 6.17. The Morgan fingerprint density at radius 2 is 1.68 bits per heavy atom. The van der Waals surface area contributed by atoms with Crippen LogP contribution in [0.5, 0.6) is 0 Å². The minimum Gasteiger partial charge on any atom is -0.382 e. The summed E-state index contributed by atoms with van der Waals surface area (Å²) in [5.74, 6) is -1.38. The number of fused-ring (bicyclic) bond motifs is 1. The van der Waals surface area contributed by atoms with E-state index in [2.05, 4.69) is 0 Å². The topological polar surface area (TPSA) is 83.1 Å². The van der Waals surface area contributed by atoms with Crippen LogP contribution in [-0.4, -0.2) is 88.7 Å². The molecular formula is C19H34O9. The van der Waals surface area contributed by atoms with E-state index in [0.29, 0.717) is 33.0 Å². The van der Waals surface area contributed by atoms with Gasteiger partial charge in [0.15, 0.2) is 24.2 Å². The van der Waals surface area contributed by atoms with Crippen molar-refractivity contribution in [2.45, 2.75) is 83.2 Å². The fourth-order valence-corrected chi connectivity index (χ4v) is 3.61. The van der Waals surface area contributed by atoms with Crippen molar-refractivity contribution in [3.8, 4) is 0 Å². The molecule has 0 aromatic heterocycles. The fourth-order valence-electron chi connectivity index (χ4n) is 3.61. The zero-order valence-corrected chi connectivity index (χ0v) is 17.7. The van der Waals surface area contributed by atoms with E-state index in [1.807, 2.05) is 34.6 Å². The van der Waals surface area contributed by atoms with Gasteiger partial charge in [-0.2, -0.15) is 0 Å². The third-order valence-electron chi connectivity index (χ3n) is 4.78. The van der Waals surface area contributed by atoms with Crippen molar-refractivity contribution in [2.75, 3.05) is 40.1 Å². The Balaban J connectivity index is 1.55. The Hall–Kier alpha value is -0.360. The largest absolute Gasteiger partial charge is 0.382 e. The quantitative estimate of drug-likeness (QED) is 0.395. The molecule has 6 atom stereocenters. The minimum atomic E-state index is -0.729. The first-order chi connectivity index (χ1) is 13.2. The van der Waals surface area contributed by atoms with Crippen LogP contribution < -0.4 is 0 Å². The number of ether oxygens (including phenoxy) is 9. The number of methoxy groups -OCH3 is 1. The van der Waals surface area contributed by atoms with E-state index in [1.54, 1.807) is 7.11 Å². The van der Waals surface area contributed by atoms with Gasteiger partial charge in [-0.15, -0.1) is 0 Å². The maximum atomic E-state index is 6.17. The lowest BCUT2D eigenvalue weighted by Gasteiger charge is -2.30. The van der Waals surface area contributed by atoms with Gasteiger partial charge < -0.3 is 42.6 Å². The molecule has 1 unspecified atom stereocenters. The second kappa shape index (κ2) is 9.20. The van der Waals surface area contributed by atoms with Crippen molar-refractivity contribution >= 4 is 0 Å². The molecule has 28 heavy (non-hydrogen) atoms. The molecule has 0 aromatic rings. The van der Waals surface area contributed by atoms with Gasteiger partial charge >= 0.3 is 0 Å². The molecule has 0 spiro atoms. The van der Waals surface area contributed by atoms with Crippen molar-refractivity contribution in [3.63, 3.8) is 0 Å². The summed E-state index contributed by atoms with van der Waals surface area (Å²) < 4.78 is 51.9. The highest BCUT2D eigenvalue weighted by atomic mass is 16.9.